The molecular weight excluding hydrogens is 284 g/mol. The third-order valence-corrected chi connectivity index (χ3v) is 4.84. The van der Waals surface area contributed by atoms with Gasteiger partial charge in [-0.1, -0.05) is 49.6 Å². The lowest BCUT2D eigenvalue weighted by molar-refractivity contribution is 0.396. The summed E-state index contributed by atoms with van der Waals surface area (Å²) in [5, 5.41) is 7.33. The van der Waals surface area contributed by atoms with Crippen molar-refractivity contribution in [1.29, 1.82) is 0 Å². The Morgan fingerprint density at radius 2 is 1.83 bits per heavy atom. The highest BCUT2D eigenvalue weighted by molar-refractivity contribution is 5.99. The molecule has 0 radical (unpaired) electrons. The zero-order chi connectivity index (χ0) is 15.5. The summed E-state index contributed by atoms with van der Waals surface area (Å²) in [7, 11) is 0. The Labute approximate surface area is 137 Å². The van der Waals surface area contributed by atoms with Crippen LogP contribution in [0, 0.1) is 0 Å². The van der Waals surface area contributed by atoms with Gasteiger partial charge in [0, 0.05) is 12.7 Å². The fourth-order valence-corrected chi connectivity index (χ4v) is 3.62. The number of benzene rings is 1. The highest BCUT2D eigenvalue weighted by Gasteiger charge is 2.40. The monoisotopic (exact) mass is 306 g/mol. The Kier molecular flexibility index (Phi) is 3.74. The smallest absolute Gasteiger partial charge is 0.177 e. The predicted octanol–water partition coefficient (Wildman–Crippen LogP) is 4.03. The van der Waals surface area contributed by atoms with Gasteiger partial charge in [-0.15, -0.1) is 0 Å². The Morgan fingerprint density at radius 1 is 1.00 bits per heavy atom. The number of anilines is 1. The first kappa shape index (κ1) is 14.2. The maximum Gasteiger partial charge on any atom is 0.177 e. The average molecular weight is 306 g/mol. The van der Waals surface area contributed by atoms with Crippen LogP contribution in [0.3, 0.4) is 0 Å². The zero-order valence-corrected chi connectivity index (χ0v) is 13.3. The molecule has 0 atom stereocenters. The lowest BCUT2D eigenvalue weighted by atomic mass is 9.79. The number of pyridine rings is 1. The molecule has 4 heteroatoms. The number of fused-ring (bicyclic) bond motifs is 1. The van der Waals surface area contributed by atoms with Gasteiger partial charge in [-0.3, -0.25) is 0 Å². The molecule has 0 saturated heterocycles. The van der Waals surface area contributed by atoms with Crippen LogP contribution in [0.4, 0.5) is 11.5 Å². The summed E-state index contributed by atoms with van der Waals surface area (Å²) in [4.78, 5) is 9.28. The van der Waals surface area contributed by atoms with Crippen molar-refractivity contribution < 1.29 is 0 Å². The maximum atomic E-state index is 4.87. The van der Waals surface area contributed by atoms with Crippen molar-refractivity contribution in [3.8, 4) is 0 Å². The summed E-state index contributed by atoms with van der Waals surface area (Å²) >= 11 is 0. The first-order valence-corrected chi connectivity index (χ1v) is 8.46. The van der Waals surface area contributed by atoms with E-state index in [1.807, 2.05) is 12.1 Å². The molecule has 4 rings (SSSR count). The summed E-state index contributed by atoms with van der Waals surface area (Å²) in [6, 6.07) is 14.5. The summed E-state index contributed by atoms with van der Waals surface area (Å²) in [5.74, 6) is 1.84. The molecule has 1 aromatic heterocycles. The molecule has 1 spiro atoms. The van der Waals surface area contributed by atoms with E-state index in [0.717, 1.165) is 36.7 Å². The van der Waals surface area contributed by atoms with E-state index >= 15 is 0 Å². The molecule has 0 bridgehead atoms. The first-order chi connectivity index (χ1) is 11.4. The van der Waals surface area contributed by atoms with Crippen molar-refractivity contribution in [3.05, 3.63) is 54.2 Å². The lowest BCUT2D eigenvalue weighted by Gasteiger charge is -2.42. The fourth-order valence-electron chi connectivity index (χ4n) is 3.62. The summed E-state index contributed by atoms with van der Waals surface area (Å²) in [5.41, 5.74) is 2.27. The van der Waals surface area contributed by atoms with Gasteiger partial charge in [0.1, 0.15) is 5.84 Å². The Balaban J connectivity index is 1.63. The second kappa shape index (κ2) is 6.03. The van der Waals surface area contributed by atoms with Gasteiger partial charge in [0.2, 0.25) is 0 Å². The first-order valence-electron chi connectivity index (χ1n) is 8.46. The highest BCUT2D eigenvalue weighted by atomic mass is 15.2. The Morgan fingerprint density at radius 3 is 2.65 bits per heavy atom. The second-order valence-corrected chi connectivity index (χ2v) is 6.44. The SMILES string of the molecule is c1ccc(CNC2=Nc3ncccc3NC23CCCCC3)cc1. The fraction of sp³-hybridized carbons (Fsp3) is 0.368. The number of aliphatic imine (C=N–C) groups is 1. The molecule has 23 heavy (non-hydrogen) atoms. The van der Waals surface area contributed by atoms with E-state index in [9.17, 15) is 0 Å². The van der Waals surface area contributed by atoms with E-state index in [1.165, 1.54) is 24.8 Å². The number of aromatic nitrogens is 1. The van der Waals surface area contributed by atoms with E-state index < -0.39 is 0 Å². The topological polar surface area (TPSA) is 49.3 Å². The van der Waals surface area contributed by atoms with Gasteiger partial charge in [-0.2, -0.15) is 0 Å². The van der Waals surface area contributed by atoms with Crippen LogP contribution in [0.15, 0.2) is 53.7 Å². The van der Waals surface area contributed by atoms with E-state index in [2.05, 4.69) is 45.9 Å². The third kappa shape index (κ3) is 2.81. The summed E-state index contributed by atoms with van der Waals surface area (Å²) < 4.78 is 0. The van der Waals surface area contributed by atoms with Gasteiger partial charge in [0.05, 0.1) is 11.2 Å². The van der Waals surface area contributed by atoms with Crippen molar-refractivity contribution in [2.45, 2.75) is 44.2 Å². The zero-order valence-electron chi connectivity index (χ0n) is 13.3. The largest absolute Gasteiger partial charge is 0.370 e. The third-order valence-electron chi connectivity index (χ3n) is 4.84. The Bertz CT molecular complexity index is 702. The van der Waals surface area contributed by atoms with Crippen molar-refractivity contribution >= 4 is 17.3 Å². The van der Waals surface area contributed by atoms with Gasteiger partial charge in [0.15, 0.2) is 5.82 Å². The maximum absolute atomic E-state index is 4.87. The van der Waals surface area contributed by atoms with Crippen LogP contribution in [0.2, 0.25) is 0 Å². The number of nitrogens with zero attached hydrogens (tertiary/aromatic N) is 2. The standard InChI is InChI=1S/C19H22N4/c1-3-8-15(9-4-1)14-21-18-19(11-5-2-6-12-19)23-16-10-7-13-20-17(16)22-18/h1,3-4,7-10,13,23H,2,5-6,11-12,14H2,(H,20,21,22). The van der Waals surface area contributed by atoms with Crippen LogP contribution >= 0.6 is 0 Å². The van der Waals surface area contributed by atoms with Crippen molar-refractivity contribution in [2.24, 2.45) is 4.99 Å². The van der Waals surface area contributed by atoms with Crippen molar-refractivity contribution in [3.63, 3.8) is 0 Å². The predicted molar refractivity (Wildman–Crippen MR) is 94.1 cm³/mol. The summed E-state index contributed by atoms with van der Waals surface area (Å²) in [6.45, 7) is 0.797. The summed E-state index contributed by atoms with van der Waals surface area (Å²) in [6.07, 6.45) is 7.86. The average Bonchev–Trinajstić information content (AvgIpc) is 2.61. The molecular formula is C19H22N4. The van der Waals surface area contributed by atoms with E-state index in [0.29, 0.717) is 0 Å². The van der Waals surface area contributed by atoms with Crippen LogP contribution in [0.5, 0.6) is 0 Å². The minimum atomic E-state index is -0.0525. The van der Waals surface area contributed by atoms with Gasteiger partial charge in [-0.25, -0.2) is 9.98 Å². The van der Waals surface area contributed by atoms with Gasteiger partial charge < -0.3 is 10.6 Å². The van der Waals surface area contributed by atoms with Crippen LogP contribution in [0.25, 0.3) is 0 Å². The quantitative estimate of drug-likeness (QED) is 0.880. The number of amidine groups is 1. The van der Waals surface area contributed by atoms with Crippen LogP contribution in [-0.2, 0) is 6.54 Å². The number of rotatable bonds is 2. The van der Waals surface area contributed by atoms with E-state index in [1.54, 1.807) is 6.20 Å². The molecule has 1 fully saturated rings. The molecule has 0 unspecified atom stereocenters. The molecule has 2 heterocycles. The van der Waals surface area contributed by atoms with E-state index in [4.69, 9.17) is 4.99 Å². The number of hydrogen-bond acceptors (Lipinski definition) is 4. The van der Waals surface area contributed by atoms with Crippen LogP contribution in [-0.4, -0.2) is 16.4 Å². The lowest BCUT2D eigenvalue weighted by Crippen LogP contribution is -2.54. The minimum absolute atomic E-state index is 0.0525. The molecule has 2 N–H and O–H groups in total. The van der Waals surface area contributed by atoms with Crippen LogP contribution in [0.1, 0.15) is 37.7 Å². The second-order valence-electron chi connectivity index (χ2n) is 6.44. The highest BCUT2D eigenvalue weighted by Crippen LogP contribution is 2.39. The number of nitrogens with one attached hydrogen (secondary N) is 2. The van der Waals surface area contributed by atoms with Crippen LogP contribution < -0.4 is 10.6 Å². The molecule has 1 aliphatic carbocycles. The van der Waals surface area contributed by atoms with Gasteiger partial charge >= 0.3 is 0 Å². The minimum Gasteiger partial charge on any atom is -0.370 e. The molecule has 1 aliphatic heterocycles. The number of hydrogen-bond donors (Lipinski definition) is 2. The molecule has 1 aromatic carbocycles. The molecule has 0 amide bonds. The van der Waals surface area contributed by atoms with Gasteiger partial charge in [0.25, 0.3) is 0 Å². The van der Waals surface area contributed by atoms with E-state index in [-0.39, 0.29) is 5.54 Å². The molecule has 1 saturated carbocycles. The molecule has 4 nitrogen and oxygen atoms in total. The van der Waals surface area contributed by atoms with Gasteiger partial charge in [-0.05, 0) is 30.5 Å². The van der Waals surface area contributed by atoms with Crippen molar-refractivity contribution in [2.75, 3.05) is 5.32 Å². The van der Waals surface area contributed by atoms with Crippen molar-refractivity contribution in [1.82, 2.24) is 10.3 Å². The molecule has 2 aromatic rings. The normalized spacial score (nSPS) is 18.7. The Hall–Kier alpha value is -2.36. The molecule has 118 valence electrons. The molecule has 2 aliphatic rings.